The minimum atomic E-state index is 0.0299. The smallest absolute Gasteiger partial charge is 0.163 e. The Morgan fingerprint density at radius 2 is 1.94 bits per heavy atom. The lowest BCUT2D eigenvalue weighted by atomic mass is 10.1. The highest BCUT2D eigenvalue weighted by atomic mass is 16.5. The lowest BCUT2D eigenvalue weighted by Gasteiger charge is -2.13. The van der Waals surface area contributed by atoms with E-state index >= 15 is 0 Å². The molecule has 1 aromatic carbocycles. The normalized spacial score (nSPS) is 15.8. The number of carbonyl (C=O) groups is 1. The summed E-state index contributed by atoms with van der Waals surface area (Å²) in [6, 6.07) is 7.33. The predicted molar refractivity (Wildman–Crippen MR) is 70.1 cm³/mol. The Kier molecular flexibility index (Phi) is 4.76. The van der Waals surface area contributed by atoms with Gasteiger partial charge in [-0.2, -0.15) is 0 Å². The van der Waals surface area contributed by atoms with Crippen LogP contribution in [0.25, 0.3) is 0 Å². The highest BCUT2D eigenvalue weighted by Crippen LogP contribution is 2.21. The molecule has 98 valence electrons. The van der Waals surface area contributed by atoms with Gasteiger partial charge in [0.1, 0.15) is 12.4 Å². The minimum absolute atomic E-state index is 0.0299. The molecule has 0 amide bonds. The molecule has 0 radical (unpaired) electrons. The molecular weight excluding hydrogens is 228 g/mol. The molecule has 2 rings (SSSR count). The molecule has 3 nitrogen and oxygen atoms in total. The summed E-state index contributed by atoms with van der Waals surface area (Å²) >= 11 is 0. The second kappa shape index (κ2) is 6.55. The first-order valence-corrected chi connectivity index (χ1v) is 6.62. The standard InChI is InChI=1S/C15H20O3/c1-12(16)14-8-4-5-9-15(14)18-11-10-17-13-6-2-3-7-13/h4-5,8-9,13H,2-3,6-7,10-11H2,1H3. The van der Waals surface area contributed by atoms with Gasteiger partial charge in [-0.25, -0.2) is 0 Å². The van der Waals surface area contributed by atoms with Crippen LogP contribution < -0.4 is 4.74 Å². The second-order valence-corrected chi connectivity index (χ2v) is 4.68. The van der Waals surface area contributed by atoms with E-state index in [2.05, 4.69) is 0 Å². The molecule has 1 fully saturated rings. The van der Waals surface area contributed by atoms with E-state index in [0.29, 0.717) is 30.6 Å². The van der Waals surface area contributed by atoms with Crippen molar-refractivity contribution in [1.29, 1.82) is 0 Å². The fourth-order valence-electron chi connectivity index (χ4n) is 2.30. The number of hydrogen-bond donors (Lipinski definition) is 0. The van der Waals surface area contributed by atoms with Crippen molar-refractivity contribution >= 4 is 5.78 Å². The van der Waals surface area contributed by atoms with Crippen LogP contribution in [-0.4, -0.2) is 25.1 Å². The summed E-state index contributed by atoms with van der Waals surface area (Å²) in [5.41, 5.74) is 0.637. The maximum absolute atomic E-state index is 11.4. The molecule has 0 N–H and O–H groups in total. The molecule has 0 aliphatic heterocycles. The molecular formula is C15H20O3. The van der Waals surface area contributed by atoms with Gasteiger partial charge in [-0.1, -0.05) is 25.0 Å². The third-order valence-electron chi connectivity index (χ3n) is 3.26. The highest BCUT2D eigenvalue weighted by molar-refractivity contribution is 5.96. The van der Waals surface area contributed by atoms with E-state index in [9.17, 15) is 4.79 Å². The van der Waals surface area contributed by atoms with Crippen molar-refractivity contribution in [3.8, 4) is 5.75 Å². The number of hydrogen-bond acceptors (Lipinski definition) is 3. The number of ether oxygens (including phenoxy) is 2. The average molecular weight is 248 g/mol. The largest absolute Gasteiger partial charge is 0.490 e. The van der Waals surface area contributed by atoms with Gasteiger partial charge < -0.3 is 9.47 Å². The first kappa shape index (κ1) is 13.1. The fraction of sp³-hybridized carbons (Fsp3) is 0.533. The summed E-state index contributed by atoms with van der Waals surface area (Å²) in [7, 11) is 0. The average Bonchev–Trinajstić information content (AvgIpc) is 2.88. The maximum atomic E-state index is 11.4. The molecule has 1 saturated carbocycles. The quantitative estimate of drug-likeness (QED) is 0.572. The lowest BCUT2D eigenvalue weighted by Crippen LogP contribution is -2.14. The van der Waals surface area contributed by atoms with E-state index in [1.54, 1.807) is 13.0 Å². The van der Waals surface area contributed by atoms with Gasteiger partial charge >= 0.3 is 0 Å². The molecule has 0 saturated heterocycles. The molecule has 1 aromatic rings. The summed E-state index contributed by atoms with van der Waals surface area (Å²) in [5.74, 6) is 0.683. The first-order valence-electron chi connectivity index (χ1n) is 6.62. The van der Waals surface area contributed by atoms with Crippen LogP contribution in [0, 0.1) is 0 Å². The molecule has 1 aliphatic carbocycles. The number of para-hydroxylation sites is 1. The number of Topliss-reactive ketones (excluding diaryl/α,β-unsaturated/α-hetero) is 1. The molecule has 0 bridgehead atoms. The van der Waals surface area contributed by atoms with Crippen LogP contribution in [0.1, 0.15) is 43.0 Å². The number of rotatable bonds is 6. The van der Waals surface area contributed by atoms with Crippen LogP contribution in [0.3, 0.4) is 0 Å². The zero-order valence-corrected chi connectivity index (χ0v) is 10.9. The molecule has 18 heavy (non-hydrogen) atoms. The molecule has 0 spiro atoms. The highest BCUT2D eigenvalue weighted by Gasteiger charge is 2.15. The van der Waals surface area contributed by atoms with Crippen molar-refractivity contribution in [2.24, 2.45) is 0 Å². The third kappa shape index (κ3) is 3.57. The van der Waals surface area contributed by atoms with Crippen molar-refractivity contribution in [3.63, 3.8) is 0 Å². The van der Waals surface area contributed by atoms with E-state index in [1.165, 1.54) is 25.7 Å². The van der Waals surface area contributed by atoms with Crippen LogP contribution in [-0.2, 0) is 4.74 Å². The Balaban J connectivity index is 1.77. The van der Waals surface area contributed by atoms with Crippen LogP contribution in [0.15, 0.2) is 24.3 Å². The van der Waals surface area contributed by atoms with Crippen LogP contribution in [0.4, 0.5) is 0 Å². The molecule has 3 heteroatoms. The Morgan fingerprint density at radius 1 is 1.22 bits per heavy atom. The van der Waals surface area contributed by atoms with Gasteiger partial charge in [0.2, 0.25) is 0 Å². The Labute approximate surface area is 108 Å². The van der Waals surface area contributed by atoms with Gasteiger partial charge in [0, 0.05) is 0 Å². The molecule has 1 aliphatic rings. The van der Waals surface area contributed by atoms with Crippen LogP contribution >= 0.6 is 0 Å². The van der Waals surface area contributed by atoms with Gasteiger partial charge in [0.05, 0.1) is 18.3 Å². The SMILES string of the molecule is CC(=O)c1ccccc1OCCOC1CCCC1. The van der Waals surface area contributed by atoms with E-state index in [4.69, 9.17) is 9.47 Å². The summed E-state index contributed by atoms with van der Waals surface area (Å²) in [6.45, 7) is 2.65. The van der Waals surface area contributed by atoms with Gasteiger partial charge in [0.25, 0.3) is 0 Å². The van der Waals surface area contributed by atoms with Crippen molar-refractivity contribution in [3.05, 3.63) is 29.8 Å². The zero-order valence-electron chi connectivity index (χ0n) is 10.9. The predicted octanol–water partition coefficient (Wildman–Crippen LogP) is 3.23. The maximum Gasteiger partial charge on any atom is 0.163 e. The van der Waals surface area contributed by atoms with Crippen LogP contribution in [0.2, 0.25) is 0 Å². The Hall–Kier alpha value is -1.35. The van der Waals surface area contributed by atoms with E-state index in [0.717, 1.165) is 0 Å². The first-order chi connectivity index (χ1) is 8.77. The molecule has 0 unspecified atom stereocenters. The van der Waals surface area contributed by atoms with Crippen LogP contribution in [0.5, 0.6) is 5.75 Å². The summed E-state index contributed by atoms with van der Waals surface area (Å²) < 4.78 is 11.3. The zero-order chi connectivity index (χ0) is 12.8. The monoisotopic (exact) mass is 248 g/mol. The van der Waals surface area contributed by atoms with Gasteiger partial charge in [-0.15, -0.1) is 0 Å². The van der Waals surface area contributed by atoms with Crippen molar-refractivity contribution < 1.29 is 14.3 Å². The van der Waals surface area contributed by atoms with Gasteiger partial charge in [-0.05, 0) is 31.9 Å². The van der Waals surface area contributed by atoms with Crippen molar-refractivity contribution in [2.45, 2.75) is 38.7 Å². The lowest BCUT2D eigenvalue weighted by molar-refractivity contribution is 0.0380. The number of carbonyl (C=O) groups excluding carboxylic acids is 1. The van der Waals surface area contributed by atoms with E-state index in [1.807, 2.05) is 18.2 Å². The Morgan fingerprint density at radius 3 is 2.67 bits per heavy atom. The Bertz CT molecular complexity index is 394. The summed E-state index contributed by atoms with van der Waals surface area (Å²) in [6.07, 6.45) is 5.31. The van der Waals surface area contributed by atoms with Gasteiger partial charge in [-0.3, -0.25) is 4.79 Å². The number of benzene rings is 1. The van der Waals surface area contributed by atoms with E-state index in [-0.39, 0.29) is 5.78 Å². The fourth-order valence-corrected chi connectivity index (χ4v) is 2.30. The van der Waals surface area contributed by atoms with Crippen molar-refractivity contribution in [1.82, 2.24) is 0 Å². The molecule has 0 aromatic heterocycles. The third-order valence-corrected chi connectivity index (χ3v) is 3.26. The molecule has 0 heterocycles. The topological polar surface area (TPSA) is 35.5 Å². The minimum Gasteiger partial charge on any atom is -0.490 e. The summed E-state index contributed by atoms with van der Waals surface area (Å²) in [5, 5.41) is 0. The molecule has 0 atom stereocenters. The number of ketones is 1. The van der Waals surface area contributed by atoms with Gasteiger partial charge in [0.15, 0.2) is 5.78 Å². The second-order valence-electron chi connectivity index (χ2n) is 4.68. The van der Waals surface area contributed by atoms with E-state index < -0.39 is 0 Å². The summed E-state index contributed by atoms with van der Waals surface area (Å²) in [4.78, 5) is 11.4. The van der Waals surface area contributed by atoms with Crippen molar-refractivity contribution in [2.75, 3.05) is 13.2 Å².